The topological polar surface area (TPSA) is 72.6 Å². The van der Waals surface area contributed by atoms with Gasteiger partial charge in [-0.1, -0.05) is 47.6 Å². The molecule has 4 rings (SSSR count). The van der Waals surface area contributed by atoms with E-state index in [1.54, 1.807) is 36.3 Å². The fourth-order valence-corrected chi connectivity index (χ4v) is 3.24. The lowest BCUT2D eigenvalue weighted by molar-refractivity contribution is -0.127. The molecule has 2 heterocycles. The first kappa shape index (κ1) is 17.0. The number of ether oxygens (including phenoxy) is 1. The summed E-state index contributed by atoms with van der Waals surface area (Å²) in [5.74, 6) is 0.458. The average Bonchev–Trinajstić information content (AvgIpc) is 3.16. The summed E-state index contributed by atoms with van der Waals surface area (Å²) in [6, 6.07) is 16.1. The van der Waals surface area contributed by atoms with E-state index in [9.17, 15) is 9.59 Å². The van der Waals surface area contributed by atoms with Gasteiger partial charge in [0.25, 0.3) is 5.91 Å². The average molecular weight is 362 g/mol. The number of carbonyl (C=O) groups excluding carboxylic acids is 2. The molecule has 6 heteroatoms. The Bertz CT molecular complexity index is 994. The van der Waals surface area contributed by atoms with Crippen molar-refractivity contribution in [2.75, 3.05) is 13.7 Å². The van der Waals surface area contributed by atoms with Crippen LogP contribution in [0.3, 0.4) is 0 Å². The smallest absolute Gasteiger partial charge is 0.295 e. The molecule has 6 nitrogen and oxygen atoms in total. The molecule has 0 bridgehead atoms. The summed E-state index contributed by atoms with van der Waals surface area (Å²) in [6.45, 7) is 0.722. The zero-order valence-corrected chi connectivity index (χ0v) is 14.8. The van der Waals surface area contributed by atoms with Gasteiger partial charge in [-0.3, -0.25) is 9.59 Å². The summed E-state index contributed by atoms with van der Waals surface area (Å²) in [7, 11) is 1.60. The number of ketones is 1. The van der Waals surface area contributed by atoms with Gasteiger partial charge in [0.1, 0.15) is 17.2 Å². The highest BCUT2D eigenvalue weighted by Gasteiger charge is 2.30. The van der Waals surface area contributed by atoms with E-state index in [1.807, 2.05) is 30.3 Å². The fourth-order valence-electron chi connectivity index (χ4n) is 3.24. The number of carbonyl (C=O) groups is 2. The van der Waals surface area contributed by atoms with Gasteiger partial charge in [0.15, 0.2) is 0 Å². The van der Waals surface area contributed by atoms with E-state index >= 15 is 0 Å². The highest BCUT2D eigenvalue weighted by molar-refractivity contribution is 6.42. The predicted molar refractivity (Wildman–Crippen MR) is 98.4 cm³/mol. The lowest BCUT2D eigenvalue weighted by atomic mass is 10.0. The summed E-state index contributed by atoms with van der Waals surface area (Å²) >= 11 is 0. The Labute approximate surface area is 156 Å². The summed E-state index contributed by atoms with van der Waals surface area (Å²) in [5, 5.41) is 4.19. The van der Waals surface area contributed by atoms with E-state index in [0.717, 1.165) is 16.9 Å². The largest absolute Gasteiger partial charge is 0.497 e. The van der Waals surface area contributed by atoms with E-state index in [1.165, 1.54) is 0 Å². The molecular weight excluding hydrogens is 344 g/mol. The van der Waals surface area contributed by atoms with Gasteiger partial charge in [-0.15, -0.1) is 0 Å². The Balaban J connectivity index is 1.60. The van der Waals surface area contributed by atoms with Crippen molar-refractivity contribution in [1.29, 1.82) is 0 Å². The number of aromatic nitrogens is 1. The first-order chi connectivity index (χ1) is 13.2. The molecule has 136 valence electrons. The van der Waals surface area contributed by atoms with Gasteiger partial charge in [-0.2, -0.15) is 0 Å². The number of nitrogens with zero attached hydrogens (tertiary/aromatic N) is 2. The summed E-state index contributed by atoms with van der Waals surface area (Å²) in [6.07, 6.45) is 0.528. The SMILES string of the molecule is COc1cccc(-c2noc3c2CN(C(=O)C(=O)c2ccccc2)CC3)c1. The molecule has 3 aromatic rings. The van der Waals surface area contributed by atoms with Crippen molar-refractivity contribution in [2.45, 2.75) is 13.0 Å². The van der Waals surface area contributed by atoms with Crippen LogP contribution in [0, 0.1) is 0 Å². The Morgan fingerprint density at radius 3 is 2.70 bits per heavy atom. The number of Topliss-reactive ketones (excluding diaryl/α,β-unsaturated/α-hetero) is 1. The fraction of sp³-hybridized carbons (Fsp3) is 0.190. The molecule has 0 saturated carbocycles. The van der Waals surface area contributed by atoms with Crippen molar-refractivity contribution < 1.29 is 18.8 Å². The van der Waals surface area contributed by atoms with Crippen molar-refractivity contribution in [2.24, 2.45) is 0 Å². The van der Waals surface area contributed by atoms with Crippen LogP contribution in [0.4, 0.5) is 0 Å². The Hall–Kier alpha value is -3.41. The van der Waals surface area contributed by atoms with Crippen molar-refractivity contribution in [3.05, 3.63) is 71.5 Å². The quantitative estimate of drug-likeness (QED) is 0.527. The number of rotatable bonds is 4. The van der Waals surface area contributed by atoms with Crippen LogP contribution < -0.4 is 4.74 Å². The molecule has 1 aliphatic rings. The molecule has 1 amide bonds. The molecule has 0 saturated heterocycles. The van der Waals surface area contributed by atoms with Crippen molar-refractivity contribution in [1.82, 2.24) is 10.1 Å². The van der Waals surface area contributed by atoms with E-state index in [2.05, 4.69) is 5.16 Å². The van der Waals surface area contributed by atoms with Crippen LogP contribution in [0.1, 0.15) is 21.7 Å². The molecule has 1 aromatic heterocycles. The summed E-state index contributed by atoms with van der Waals surface area (Å²) < 4.78 is 10.7. The van der Waals surface area contributed by atoms with Crippen LogP contribution in [0.25, 0.3) is 11.3 Å². The Morgan fingerprint density at radius 2 is 1.93 bits per heavy atom. The van der Waals surface area contributed by atoms with Crippen LogP contribution in [0.15, 0.2) is 59.1 Å². The third kappa shape index (κ3) is 3.21. The molecule has 0 N–H and O–H groups in total. The minimum Gasteiger partial charge on any atom is -0.497 e. The van der Waals surface area contributed by atoms with E-state index in [-0.39, 0.29) is 0 Å². The monoisotopic (exact) mass is 362 g/mol. The lowest BCUT2D eigenvalue weighted by Crippen LogP contribution is -2.40. The second-order valence-corrected chi connectivity index (χ2v) is 6.34. The zero-order chi connectivity index (χ0) is 18.8. The zero-order valence-electron chi connectivity index (χ0n) is 14.8. The molecule has 0 spiro atoms. The van der Waals surface area contributed by atoms with E-state index in [4.69, 9.17) is 9.26 Å². The number of hydrogen-bond acceptors (Lipinski definition) is 5. The van der Waals surface area contributed by atoms with Crippen LogP contribution in [0.2, 0.25) is 0 Å². The van der Waals surface area contributed by atoms with Crippen molar-refractivity contribution >= 4 is 11.7 Å². The van der Waals surface area contributed by atoms with Crippen LogP contribution in [-0.2, 0) is 17.8 Å². The maximum absolute atomic E-state index is 12.7. The second kappa shape index (κ2) is 7.07. The third-order valence-electron chi connectivity index (χ3n) is 4.69. The number of hydrogen-bond donors (Lipinski definition) is 0. The van der Waals surface area contributed by atoms with Gasteiger partial charge in [-0.05, 0) is 12.1 Å². The minimum atomic E-state index is -0.510. The number of methoxy groups -OCH3 is 1. The molecule has 0 atom stereocenters. The molecule has 27 heavy (non-hydrogen) atoms. The van der Waals surface area contributed by atoms with Crippen LogP contribution >= 0.6 is 0 Å². The molecule has 1 aliphatic heterocycles. The van der Waals surface area contributed by atoms with Gasteiger partial charge in [0.2, 0.25) is 5.78 Å². The summed E-state index contributed by atoms with van der Waals surface area (Å²) in [5.41, 5.74) is 2.76. The maximum atomic E-state index is 12.7. The molecule has 0 radical (unpaired) electrons. The highest BCUT2D eigenvalue weighted by atomic mass is 16.5. The standard InChI is InChI=1S/C21H18N2O4/c1-26-16-9-5-8-15(12-16)19-17-13-23(11-10-18(17)27-22-19)21(25)20(24)14-6-3-2-4-7-14/h2-9,12H,10-11,13H2,1H3. The number of benzene rings is 2. The predicted octanol–water partition coefficient (Wildman–Crippen LogP) is 3.12. The third-order valence-corrected chi connectivity index (χ3v) is 4.69. The molecule has 2 aromatic carbocycles. The van der Waals surface area contributed by atoms with Crippen molar-refractivity contribution in [3.63, 3.8) is 0 Å². The van der Waals surface area contributed by atoms with E-state index in [0.29, 0.717) is 36.5 Å². The van der Waals surface area contributed by atoms with Gasteiger partial charge >= 0.3 is 0 Å². The maximum Gasteiger partial charge on any atom is 0.295 e. The van der Waals surface area contributed by atoms with Crippen LogP contribution in [0.5, 0.6) is 5.75 Å². The summed E-state index contributed by atoms with van der Waals surface area (Å²) in [4.78, 5) is 26.7. The van der Waals surface area contributed by atoms with Crippen molar-refractivity contribution in [3.8, 4) is 17.0 Å². The van der Waals surface area contributed by atoms with Gasteiger partial charge in [-0.25, -0.2) is 0 Å². The van der Waals surface area contributed by atoms with Gasteiger partial charge in [0.05, 0.1) is 13.7 Å². The Kier molecular flexibility index (Phi) is 4.46. The molecule has 0 unspecified atom stereocenters. The number of fused-ring (bicyclic) bond motifs is 1. The highest BCUT2D eigenvalue weighted by Crippen LogP contribution is 2.31. The molecular formula is C21H18N2O4. The first-order valence-electron chi connectivity index (χ1n) is 8.68. The van der Waals surface area contributed by atoms with Gasteiger partial charge in [0, 0.05) is 29.7 Å². The normalized spacial score (nSPS) is 13.1. The first-order valence-corrected chi connectivity index (χ1v) is 8.68. The molecule has 0 aliphatic carbocycles. The van der Waals surface area contributed by atoms with E-state index < -0.39 is 11.7 Å². The lowest BCUT2D eigenvalue weighted by Gasteiger charge is -2.25. The van der Waals surface area contributed by atoms with Crippen LogP contribution in [-0.4, -0.2) is 35.4 Å². The second-order valence-electron chi connectivity index (χ2n) is 6.34. The Morgan fingerprint density at radius 1 is 1.11 bits per heavy atom. The number of amides is 1. The molecule has 0 fully saturated rings. The van der Waals surface area contributed by atoms with Gasteiger partial charge < -0.3 is 14.2 Å². The minimum absolute atomic E-state index is 0.294.